The van der Waals surface area contributed by atoms with E-state index >= 15 is 0 Å². The van der Waals surface area contributed by atoms with E-state index in [1.807, 2.05) is 6.20 Å². The monoisotopic (exact) mass is 323 g/mol. The Bertz CT molecular complexity index is 523. The summed E-state index contributed by atoms with van der Waals surface area (Å²) in [5.74, 6) is 0.549. The maximum absolute atomic E-state index is 12.3. The van der Waals surface area contributed by atoms with Crippen molar-refractivity contribution in [3.05, 3.63) is 16.1 Å². The molecule has 2 amide bonds. The first-order valence-corrected chi connectivity index (χ1v) is 8.89. The van der Waals surface area contributed by atoms with E-state index in [1.165, 1.54) is 24.1 Å². The molecule has 0 unspecified atom stereocenters. The quantitative estimate of drug-likeness (QED) is 0.811. The zero-order valence-corrected chi connectivity index (χ0v) is 14.2. The maximum Gasteiger partial charge on any atom is 0.315 e. The van der Waals surface area contributed by atoms with Gasteiger partial charge in [0.25, 0.3) is 0 Å². The summed E-state index contributed by atoms with van der Waals surface area (Å²) in [6.07, 6.45) is 7.75. The predicted octanol–water partition coefficient (Wildman–Crippen LogP) is 3.02. The Kier molecular flexibility index (Phi) is 4.68. The number of aryl methyl sites for hydroxylation is 1. The summed E-state index contributed by atoms with van der Waals surface area (Å²) in [7, 11) is 1.73. The van der Waals surface area contributed by atoms with Gasteiger partial charge in [-0.3, -0.25) is 0 Å². The molecule has 1 aromatic heterocycles. The Hall–Kier alpha value is -1.14. The van der Waals surface area contributed by atoms with Crippen LogP contribution in [-0.2, 0) is 4.74 Å². The number of thiazole rings is 1. The van der Waals surface area contributed by atoms with Gasteiger partial charge in [0.1, 0.15) is 5.01 Å². The zero-order valence-electron chi connectivity index (χ0n) is 13.4. The molecule has 2 aliphatic rings. The number of ether oxygens (including phenoxy) is 1. The summed E-state index contributed by atoms with van der Waals surface area (Å²) >= 11 is 1.68. The number of methoxy groups -OCH3 is 1. The number of hydrogen-bond acceptors (Lipinski definition) is 4. The Balaban J connectivity index is 1.53. The first kappa shape index (κ1) is 15.7. The summed E-state index contributed by atoms with van der Waals surface area (Å²) in [4.78, 5) is 17.9. The third-order valence-corrected chi connectivity index (χ3v) is 5.77. The van der Waals surface area contributed by atoms with Gasteiger partial charge in [-0.15, -0.1) is 11.3 Å². The van der Waals surface area contributed by atoms with Crippen LogP contribution < -0.4 is 10.6 Å². The van der Waals surface area contributed by atoms with E-state index in [9.17, 15) is 4.79 Å². The number of rotatable bonds is 7. The number of carbonyl (C=O) groups excluding carboxylic acids is 1. The van der Waals surface area contributed by atoms with E-state index in [0.717, 1.165) is 24.5 Å². The largest absolute Gasteiger partial charge is 0.384 e. The first-order chi connectivity index (χ1) is 10.6. The van der Waals surface area contributed by atoms with Crippen molar-refractivity contribution in [1.82, 2.24) is 15.6 Å². The molecule has 5 nitrogen and oxygen atoms in total. The van der Waals surface area contributed by atoms with Crippen LogP contribution in [-0.4, -0.2) is 31.3 Å². The highest BCUT2D eigenvalue weighted by Crippen LogP contribution is 2.42. The highest BCUT2D eigenvalue weighted by atomic mass is 32.1. The Morgan fingerprint density at radius 3 is 2.82 bits per heavy atom. The molecule has 2 saturated carbocycles. The average Bonchev–Trinajstić information content (AvgIpc) is 3.21. The molecular weight excluding hydrogens is 298 g/mol. The van der Waals surface area contributed by atoms with E-state index in [0.29, 0.717) is 12.5 Å². The van der Waals surface area contributed by atoms with Gasteiger partial charge in [-0.1, -0.05) is 6.42 Å². The minimum atomic E-state index is -0.0767. The molecule has 2 N–H and O–H groups in total. The third-order valence-electron chi connectivity index (χ3n) is 4.77. The Morgan fingerprint density at radius 2 is 2.32 bits per heavy atom. The van der Waals surface area contributed by atoms with Crippen LogP contribution in [0.2, 0.25) is 0 Å². The van der Waals surface area contributed by atoms with Gasteiger partial charge in [0.2, 0.25) is 0 Å². The van der Waals surface area contributed by atoms with Crippen LogP contribution in [0.4, 0.5) is 4.79 Å². The van der Waals surface area contributed by atoms with Crippen molar-refractivity contribution < 1.29 is 9.53 Å². The molecule has 0 aromatic carbocycles. The first-order valence-electron chi connectivity index (χ1n) is 8.07. The summed E-state index contributed by atoms with van der Waals surface area (Å²) in [6.45, 7) is 3.47. The lowest BCUT2D eigenvalue weighted by Crippen LogP contribution is -2.48. The van der Waals surface area contributed by atoms with Gasteiger partial charge in [0, 0.05) is 30.1 Å². The lowest BCUT2D eigenvalue weighted by Gasteiger charge is -2.41. The average molecular weight is 323 g/mol. The topological polar surface area (TPSA) is 63.2 Å². The molecule has 0 aliphatic heterocycles. The van der Waals surface area contributed by atoms with Crippen molar-refractivity contribution in [3.63, 3.8) is 0 Å². The van der Waals surface area contributed by atoms with Crippen LogP contribution in [0, 0.1) is 18.3 Å². The molecule has 6 heteroatoms. The van der Waals surface area contributed by atoms with E-state index in [2.05, 4.69) is 22.5 Å². The van der Waals surface area contributed by atoms with Crippen molar-refractivity contribution >= 4 is 17.4 Å². The number of amides is 2. The lowest BCUT2D eigenvalue weighted by molar-refractivity contribution is 0.0199. The number of carbonyl (C=O) groups is 1. The van der Waals surface area contributed by atoms with Crippen LogP contribution in [0.5, 0.6) is 0 Å². The van der Waals surface area contributed by atoms with Gasteiger partial charge < -0.3 is 15.4 Å². The fourth-order valence-corrected chi connectivity index (χ4v) is 4.06. The number of nitrogens with zero attached hydrogens (tertiary/aromatic N) is 1. The molecule has 1 aromatic rings. The van der Waals surface area contributed by atoms with Gasteiger partial charge in [0.15, 0.2) is 0 Å². The molecule has 1 atom stereocenters. The number of hydrogen-bond donors (Lipinski definition) is 2. The van der Waals surface area contributed by atoms with Crippen molar-refractivity contribution in [1.29, 1.82) is 0 Å². The van der Waals surface area contributed by atoms with E-state index in [-0.39, 0.29) is 17.5 Å². The second-order valence-electron chi connectivity index (χ2n) is 6.74. The molecule has 0 saturated heterocycles. The standard InChI is InChI=1S/C16H25N3O2S/c1-11-8-17-14(22-11)13(12-4-5-12)19-15(20)18-9-16(10-21-2)6-3-7-16/h8,12-13H,3-7,9-10H2,1-2H3,(H2,18,19,20)/t13-/m1/s1. The van der Waals surface area contributed by atoms with Gasteiger partial charge in [-0.25, -0.2) is 9.78 Å². The van der Waals surface area contributed by atoms with E-state index in [4.69, 9.17) is 4.74 Å². The Labute approximate surface area is 135 Å². The van der Waals surface area contributed by atoms with Crippen LogP contribution in [0.25, 0.3) is 0 Å². The third kappa shape index (κ3) is 3.60. The van der Waals surface area contributed by atoms with Gasteiger partial charge in [-0.05, 0) is 38.5 Å². The summed E-state index contributed by atoms with van der Waals surface area (Å²) < 4.78 is 5.30. The molecule has 3 rings (SSSR count). The summed E-state index contributed by atoms with van der Waals surface area (Å²) in [5, 5.41) is 7.21. The van der Waals surface area contributed by atoms with E-state index < -0.39 is 0 Å². The number of aromatic nitrogens is 1. The predicted molar refractivity (Wildman–Crippen MR) is 87.0 cm³/mol. The van der Waals surface area contributed by atoms with E-state index in [1.54, 1.807) is 18.4 Å². The van der Waals surface area contributed by atoms with Crippen LogP contribution >= 0.6 is 11.3 Å². The maximum atomic E-state index is 12.3. The molecular formula is C16H25N3O2S. The van der Waals surface area contributed by atoms with Crippen LogP contribution in [0.1, 0.15) is 48.0 Å². The molecule has 122 valence electrons. The Morgan fingerprint density at radius 1 is 1.55 bits per heavy atom. The highest BCUT2D eigenvalue weighted by molar-refractivity contribution is 7.11. The van der Waals surface area contributed by atoms with Crippen molar-refractivity contribution in [2.45, 2.75) is 45.1 Å². The van der Waals surface area contributed by atoms with Crippen LogP contribution in [0.3, 0.4) is 0 Å². The fraction of sp³-hybridized carbons (Fsp3) is 0.750. The van der Waals surface area contributed by atoms with Crippen molar-refractivity contribution in [2.75, 3.05) is 20.3 Å². The zero-order chi connectivity index (χ0) is 15.6. The summed E-state index contributed by atoms with van der Waals surface area (Å²) in [5.41, 5.74) is 0.152. The normalized spacial score (nSPS) is 21.0. The highest BCUT2D eigenvalue weighted by Gasteiger charge is 2.38. The molecule has 1 heterocycles. The minimum Gasteiger partial charge on any atom is -0.384 e. The molecule has 2 fully saturated rings. The second kappa shape index (κ2) is 6.54. The van der Waals surface area contributed by atoms with Crippen molar-refractivity contribution in [3.8, 4) is 0 Å². The van der Waals surface area contributed by atoms with Crippen molar-refractivity contribution in [2.24, 2.45) is 11.3 Å². The second-order valence-corrected chi connectivity index (χ2v) is 8.00. The van der Waals surface area contributed by atoms with Gasteiger partial charge in [-0.2, -0.15) is 0 Å². The SMILES string of the molecule is COCC1(CNC(=O)N[C@@H](c2ncc(C)s2)C2CC2)CCC1. The number of urea groups is 1. The van der Waals surface area contributed by atoms with Gasteiger partial charge in [0.05, 0.1) is 12.6 Å². The molecule has 0 radical (unpaired) electrons. The molecule has 0 spiro atoms. The minimum absolute atomic E-state index is 0.0680. The fourth-order valence-electron chi connectivity index (χ4n) is 3.14. The summed E-state index contributed by atoms with van der Waals surface area (Å²) in [6, 6.07) is -0.00871. The number of nitrogens with one attached hydrogen (secondary N) is 2. The lowest BCUT2D eigenvalue weighted by atomic mass is 9.69. The van der Waals surface area contributed by atoms with Gasteiger partial charge >= 0.3 is 6.03 Å². The van der Waals surface area contributed by atoms with Crippen LogP contribution in [0.15, 0.2) is 6.20 Å². The smallest absolute Gasteiger partial charge is 0.315 e. The molecule has 0 bridgehead atoms. The molecule has 2 aliphatic carbocycles. The molecule has 22 heavy (non-hydrogen) atoms.